The van der Waals surface area contributed by atoms with Crippen LogP contribution in [0.5, 0.6) is 0 Å². The molecule has 7 nitrogen and oxygen atoms in total. The predicted octanol–water partition coefficient (Wildman–Crippen LogP) is 4.49. The fraction of sp³-hybridized carbons (Fsp3) is 0.0870. The van der Waals surface area contributed by atoms with Crippen LogP contribution in [0.4, 0.5) is 16.2 Å². The lowest BCUT2D eigenvalue weighted by molar-refractivity contribution is -0.121. The van der Waals surface area contributed by atoms with Gasteiger partial charge in [0, 0.05) is 21.4 Å². The second-order valence-electron chi connectivity index (χ2n) is 6.90. The molecule has 0 fully saturated rings. The van der Waals surface area contributed by atoms with Crippen molar-refractivity contribution in [2.45, 2.75) is 16.3 Å². The van der Waals surface area contributed by atoms with E-state index in [4.69, 9.17) is 22.1 Å². The van der Waals surface area contributed by atoms with Crippen molar-refractivity contribution < 1.29 is 19.1 Å². The van der Waals surface area contributed by atoms with Gasteiger partial charge in [0.25, 0.3) is 5.91 Å². The third-order valence-corrected chi connectivity index (χ3v) is 6.09. The maximum absolute atomic E-state index is 13.1. The molecule has 0 aliphatic carbocycles. The molecular weight excluding hydrogens is 450 g/mol. The zero-order valence-corrected chi connectivity index (χ0v) is 18.3. The molecule has 0 saturated carbocycles. The number of urea groups is 1. The summed E-state index contributed by atoms with van der Waals surface area (Å²) in [5.41, 5.74) is 7.46. The van der Waals surface area contributed by atoms with Crippen molar-refractivity contribution in [3.8, 4) is 0 Å². The lowest BCUT2D eigenvalue weighted by Gasteiger charge is -2.31. The van der Waals surface area contributed by atoms with Crippen molar-refractivity contribution in [3.05, 3.63) is 82.9 Å². The lowest BCUT2D eigenvalue weighted by Crippen LogP contribution is -2.32. The van der Waals surface area contributed by atoms with Gasteiger partial charge in [-0.2, -0.15) is 0 Å². The molecule has 0 spiro atoms. The number of hydrogen-bond donors (Lipinski definition) is 2. The summed E-state index contributed by atoms with van der Waals surface area (Å²) < 4.78 is 5.28. The number of carbonyl (C=O) groups excluding carboxylic acids is 3. The van der Waals surface area contributed by atoms with Crippen LogP contribution in [0.1, 0.15) is 15.9 Å². The molecule has 0 bridgehead atoms. The molecule has 1 heterocycles. The minimum Gasteiger partial charge on any atom is -0.452 e. The smallest absolute Gasteiger partial charge is 0.338 e. The number of amides is 3. The predicted molar refractivity (Wildman–Crippen MR) is 122 cm³/mol. The van der Waals surface area contributed by atoms with Crippen molar-refractivity contribution in [2.24, 2.45) is 5.73 Å². The summed E-state index contributed by atoms with van der Waals surface area (Å²) in [6.45, 7) is -0.188. The van der Waals surface area contributed by atoms with E-state index >= 15 is 0 Å². The molecule has 3 aromatic carbocycles. The van der Waals surface area contributed by atoms with Crippen LogP contribution in [0.25, 0.3) is 0 Å². The Morgan fingerprint density at radius 1 is 0.969 bits per heavy atom. The molecule has 4 rings (SSSR count). The van der Waals surface area contributed by atoms with Gasteiger partial charge in [-0.1, -0.05) is 47.6 Å². The van der Waals surface area contributed by atoms with Crippen LogP contribution >= 0.6 is 23.4 Å². The minimum atomic E-state index is -0.632. The number of para-hydroxylation sites is 1. The first kappa shape index (κ1) is 21.7. The van der Waals surface area contributed by atoms with Crippen LogP contribution in [0.15, 0.2) is 76.5 Å². The number of ether oxygens (including phenoxy) is 1. The highest BCUT2D eigenvalue weighted by Crippen LogP contribution is 2.48. The molecule has 3 aromatic rings. The Hall–Kier alpha value is -3.49. The van der Waals surface area contributed by atoms with Crippen molar-refractivity contribution >= 4 is 52.6 Å². The van der Waals surface area contributed by atoms with Gasteiger partial charge in [-0.25, -0.2) is 9.59 Å². The fourth-order valence-electron chi connectivity index (χ4n) is 3.22. The summed E-state index contributed by atoms with van der Waals surface area (Å²) in [7, 11) is 0. The number of benzene rings is 3. The standard InChI is InChI=1S/C23H18ClN3O4S/c24-16-9-10-20-18(11-16)27(17-3-1-2-4-19(17)32-20)21(28)13-31-22(29)15-7-5-14(6-8-15)12-26-23(25)30/h1-11H,12-13H2,(H3,25,26,30). The molecular formula is C23H18ClN3O4S. The number of esters is 1. The third kappa shape index (κ3) is 4.71. The molecule has 0 atom stereocenters. The largest absolute Gasteiger partial charge is 0.452 e. The van der Waals surface area contributed by atoms with Crippen LogP contribution in [-0.4, -0.2) is 24.5 Å². The number of nitrogens with one attached hydrogen (secondary N) is 1. The molecule has 9 heteroatoms. The average molecular weight is 468 g/mol. The lowest BCUT2D eigenvalue weighted by atomic mass is 10.1. The average Bonchev–Trinajstić information content (AvgIpc) is 2.79. The number of halogens is 1. The Morgan fingerprint density at radius 3 is 2.44 bits per heavy atom. The van der Waals surface area contributed by atoms with Gasteiger partial charge in [0.05, 0.1) is 16.9 Å². The maximum Gasteiger partial charge on any atom is 0.338 e. The molecule has 3 amide bonds. The Kier molecular flexibility index (Phi) is 6.34. The molecule has 1 aliphatic rings. The van der Waals surface area contributed by atoms with E-state index in [2.05, 4.69) is 5.32 Å². The zero-order chi connectivity index (χ0) is 22.7. The summed E-state index contributed by atoms with van der Waals surface area (Å²) in [6, 6.07) is 18.7. The number of rotatable bonds is 5. The number of anilines is 2. The van der Waals surface area contributed by atoms with Crippen molar-refractivity contribution in [3.63, 3.8) is 0 Å². The zero-order valence-electron chi connectivity index (χ0n) is 16.7. The van der Waals surface area contributed by atoms with E-state index in [9.17, 15) is 14.4 Å². The highest BCUT2D eigenvalue weighted by atomic mass is 35.5. The van der Waals surface area contributed by atoms with Crippen LogP contribution in [0.3, 0.4) is 0 Å². The van der Waals surface area contributed by atoms with E-state index in [1.807, 2.05) is 30.3 Å². The molecule has 0 saturated heterocycles. The van der Waals surface area contributed by atoms with E-state index < -0.39 is 24.5 Å². The molecule has 0 aromatic heterocycles. The Morgan fingerprint density at radius 2 is 1.69 bits per heavy atom. The summed E-state index contributed by atoms with van der Waals surface area (Å²) in [5.74, 6) is -1.02. The van der Waals surface area contributed by atoms with E-state index in [0.717, 1.165) is 15.4 Å². The van der Waals surface area contributed by atoms with Gasteiger partial charge in [0.2, 0.25) is 0 Å². The van der Waals surface area contributed by atoms with Gasteiger partial charge >= 0.3 is 12.0 Å². The molecule has 0 unspecified atom stereocenters. The van der Waals surface area contributed by atoms with Gasteiger partial charge in [-0.05, 0) is 48.0 Å². The number of carbonyl (C=O) groups is 3. The molecule has 162 valence electrons. The number of nitrogens with two attached hydrogens (primary N) is 1. The van der Waals surface area contributed by atoms with Gasteiger partial charge in [0.1, 0.15) is 0 Å². The van der Waals surface area contributed by atoms with Crippen LogP contribution < -0.4 is 16.0 Å². The first-order chi connectivity index (χ1) is 15.4. The van der Waals surface area contributed by atoms with E-state index in [0.29, 0.717) is 22.0 Å². The minimum absolute atomic E-state index is 0.248. The van der Waals surface area contributed by atoms with E-state index in [1.165, 1.54) is 4.90 Å². The van der Waals surface area contributed by atoms with Gasteiger partial charge in [-0.15, -0.1) is 0 Å². The summed E-state index contributed by atoms with van der Waals surface area (Å²) in [5, 5.41) is 2.97. The number of hydrogen-bond acceptors (Lipinski definition) is 5. The Balaban J connectivity index is 1.48. The first-order valence-corrected chi connectivity index (χ1v) is 10.8. The normalized spacial score (nSPS) is 11.8. The summed E-state index contributed by atoms with van der Waals surface area (Å²) in [6.07, 6.45) is 0. The van der Waals surface area contributed by atoms with Crippen molar-refractivity contribution in [1.82, 2.24) is 5.32 Å². The van der Waals surface area contributed by atoms with Gasteiger partial charge in [-0.3, -0.25) is 9.69 Å². The highest BCUT2D eigenvalue weighted by Gasteiger charge is 2.29. The SMILES string of the molecule is NC(=O)NCc1ccc(C(=O)OCC(=O)N2c3ccccc3Sc3ccc(Cl)cc32)cc1. The molecule has 1 aliphatic heterocycles. The molecule has 32 heavy (non-hydrogen) atoms. The molecule has 0 radical (unpaired) electrons. The van der Waals surface area contributed by atoms with Gasteiger partial charge < -0.3 is 15.8 Å². The van der Waals surface area contributed by atoms with Crippen molar-refractivity contribution in [1.29, 1.82) is 0 Å². The summed E-state index contributed by atoms with van der Waals surface area (Å²) in [4.78, 5) is 39.7. The summed E-state index contributed by atoms with van der Waals surface area (Å²) >= 11 is 7.72. The van der Waals surface area contributed by atoms with Crippen molar-refractivity contribution in [2.75, 3.05) is 11.5 Å². The van der Waals surface area contributed by atoms with E-state index in [-0.39, 0.29) is 6.54 Å². The van der Waals surface area contributed by atoms with E-state index in [1.54, 1.807) is 48.2 Å². The second-order valence-corrected chi connectivity index (χ2v) is 8.42. The number of fused-ring (bicyclic) bond motifs is 2. The fourth-order valence-corrected chi connectivity index (χ4v) is 4.42. The van der Waals surface area contributed by atoms with Crippen LogP contribution in [-0.2, 0) is 16.1 Å². The number of nitrogens with zero attached hydrogens (tertiary/aromatic N) is 1. The second kappa shape index (κ2) is 9.33. The maximum atomic E-state index is 13.1. The quantitative estimate of drug-likeness (QED) is 0.538. The Bertz CT molecular complexity index is 1200. The highest BCUT2D eigenvalue weighted by molar-refractivity contribution is 7.99. The monoisotopic (exact) mass is 467 g/mol. The first-order valence-electron chi connectivity index (χ1n) is 9.61. The van der Waals surface area contributed by atoms with Crippen LogP contribution in [0, 0.1) is 0 Å². The Labute approximate surface area is 193 Å². The third-order valence-electron chi connectivity index (χ3n) is 4.72. The molecule has 3 N–H and O–H groups in total. The topological polar surface area (TPSA) is 102 Å². The van der Waals surface area contributed by atoms with Gasteiger partial charge in [0.15, 0.2) is 6.61 Å². The number of primary amides is 1. The van der Waals surface area contributed by atoms with Crippen LogP contribution in [0.2, 0.25) is 5.02 Å².